The van der Waals surface area contributed by atoms with Crippen molar-refractivity contribution in [3.63, 3.8) is 0 Å². The van der Waals surface area contributed by atoms with Gasteiger partial charge in [0.05, 0.1) is 6.61 Å². The van der Waals surface area contributed by atoms with E-state index < -0.39 is 0 Å². The van der Waals surface area contributed by atoms with Crippen molar-refractivity contribution in [2.24, 2.45) is 5.73 Å². The molecule has 16 heavy (non-hydrogen) atoms. The molecule has 2 nitrogen and oxygen atoms in total. The van der Waals surface area contributed by atoms with Gasteiger partial charge in [0, 0.05) is 12.6 Å². The van der Waals surface area contributed by atoms with Crippen LogP contribution in [0.5, 0.6) is 0 Å². The zero-order valence-electron chi connectivity index (χ0n) is 10.2. The Bertz CT molecular complexity index is 354. The maximum absolute atomic E-state index is 13.0. The Hall–Kier alpha value is -0.930. The molecule has 0 aliphatic rings. The first-order valence-electron chi connectivity index (χ1n) is 5.53. The Morgan fingerprint density at radius 1 is 1.44 bits per heavy atom. The summed E-state index contributed by atoms with van der Waals surface area (Å²) >= 11 is 0. The lowest BCUT2D eigenvalue weighted by Gasteiger charge is -2.28. The first-order valence-corrected chi connectivity index (χ1v) is 5.53. The van der Waals surface area contributed by atoms with Crippen LogP contribution >= 0.6 is 0 Å². The van der Waals surface area contributed by atoms with E-state index in [1.54, 1.807) is 13.2 Å². The largest absolute Gasteiger partial charge is 0.383 e. The number of ether oxygens (including phenoxy) is 1. The quantitative estimate of drug-likeness (QED) is 0.835. The lowest BCUT2D eigenvalue weighted by Crippen LogP contribution is -2.46. The molecule has 0 saturated heterocycles. The van der Waals surface area contributed by atoms with E-state index >= 15 is 0 Å². The van der Waals surface area contributed by atoms with Crippen LogP contribution < -0.4 is 5.73 Å². The summed E-state index contributed by atoms with van der Waals surface area (Å²) in [7, 11) is 1.65. The van der Waals surface area contributed by atoms with Gasteiger partial charge in [-0.25, -0.2) is 4.39 Å². The summed E-state index contributed by atoms with van der Waals surface area (Å²) in [6, 6.07) is 4.82. The Balaban J connectivity index is 2.85. The molecular weight excluding hydrogens is 205 g/mol. The van der Waals surface area contributed by atoms with E-state index in [-0.39, 0.29) is 11.4 Å². The number of nitrogens with two attached hydrogens (primary N) is 1. The number of hydrogen-bond donors (Lipinski definition) is 1. The third-order valence-electron chi connectivity index (χ3n) is 2.98. The molecule has 0 saturated carbocycles. The summed E-state index contributed by atoms with van der Waals surface area (Å²) in [5, 5.41) is 0. The zero-order valence-corrected chi connectivity index (χ0v) is 10.2. The monoisotopic (exact) mass is 225 g/mol. The number of halogens is 1. The maximum atomic E-state index is 13.0. The second kappa shape index (κ2) is 5.41. The molecule has 0 aliphatic carbocycles. The molecule has 1 rings (SSSR count). The van der Waals surface area contributed by atoms with E-state index in [4.69, 9.17) is 10.5 Å². The number of hydrogen-bond acceptors (Lipinski definition) is 2. The van der Waals surface area contributed by atoms with E-state index in [9.17, 15) is 4.39 Å². The molecule has 1 aromatic carbocycles. The average molecular weight is 225 g/mol. The van der Waals surface area contributed by atoms with E-state index in [0.29, 0.717) is 13.0 Å². The molecule has 0 radical (unpaired) electrons. The van der Waals surface area contributed by atoms with Crippen LogP contribution in [-0.4, -0.2) is 19.3 Å². The minimum Gasteiger partial charge on any atom is -0.383 e. The van der Waals surface area contributed by atoms with Crippen LogP contribution in [0, 0.1) is 12.7 Å². The molecule has 2 N–H and O–H groups in total. The molecule has 0 spiro atoms. The molecule has 0 fully saturated rings. The van der Waals surface area contributed by atoms with Crippen molar-refractivity contribution in [1.82, 2.24) is 0 Å². The second-order valence-electron chi connectivity index (χ2n) is 4.40. The number of methoxy groups -OCH3 is 1. The summed E-state index contributed by atoms with van der Waals surface area (Å²) in [5.41, 5.74) is 7.89. The summed E-state index contributed by atoms with van der Waals surface area (Å²) in [4.78, 5) is 0. The van der Waals surface area contributed by atoms with E-state index in [2.05, 4.69) is 0 Å². The summed E-state index contributed by atoms with van der Waals surface area (Å²) in [6.07, 6.45) is 1.54. The lowest BCUT2D eigenvalue weighted by atomic mass is 9.88. The first kappa shape index (κ1) is 13.1. The van der Waals surface area contributed by atoms with Gasteiger partial charge in [0.1, 0.15) is 5.82 Å². The van der Waals surface area contributed by atoms with Crippen LogP contribution in [-0.2, 0) is 11.2 Å². The Morgan fingerprint density at radius 3 is 2.62 bits per heavy atom. The molecule has 1 unspecified atom stereocenters. The number of benzene rings is 1. The molecule has 0 bridgehead atoms. The highest BCUT2D eigenvalue weighted by molar-refractivity contribution is 5.28. The fourth-order valence-electron chi connectivity index (χ4n) is 1.80. The highest BCUT2D eigenvalue weighted by atomic mass is 19.1. The van der Waals surface area contributed by atoms with Gasteiger partial charge in [-0.2, -0.15) is 0 Å². The Kier molecular flexibility index (Phi) is 4.44. The van der Waals surface area contributed by atoms with Crippen molar-refractivity contribution in [2.75, 3.05) is 13.7 Å². The molecular formula is C13H20FNO. The van der Waals surface area contributed by atoms with E-state index in [0.717, 1.165) is 17.5 Å². The predicted molar refractivity (Wildman–Crippen MR) is 63.9 cm³/mol. The highest BCUT2D eigenvalue weighted by Crippen LogP contribution is 2.19. The zero-order chi connectivity index (χ0) is 12.2. The van der Waals surface area contributed by atoms with Gasteiger partial charge in [0.25, 0.3) is 0 Å². The number of rotatable bonds is 5. The standard InChI is InChI=1S/C13H20FNO/c1-4-13(15,9-16-3)8-11-5-6-12(14)7-10(11)2/h5-7H,4,8-9,15H2,1-3H3. The van der Waals surface area contributed by atoms with Crippen molar-refractivity contribution >= 4 is 0 Å². The lowest BCUT2D eigenvalue weighted by molar-refractivity contribution is 0.129. The van der Waals surface area contributed by atoms with Gasteiger partial charge in [0.2, 0.25) is 0 Å². The SMILES string of the molecule is CCC(N)(COC)Cc1ccc(F)cc1C. The summed E-state index contributed by atoms with van der Waals surface area (Å²) in [6.45, 7) is 4.46. The molecule has 0 aliphatic heterocycles. The smallest absolute Gasteiger partial charge is 0.123 e. The first-order chi connectivity index (χ1) is 7.50. The van der Waals surface area contributed by atoms with E-state index in [1.165, 1.54) is 12.1 Å². The Labute approximate surface area is 96.6 Å². The van der Waals surface area contributed by atoms with Crippen molar-refractivity contribution in [3.8, 4) is 0 Å². The minimum absolute atomic E-state index is 0.202. The molecule has 0 amide bonds. The second-order valence-corrected chi connectivity index (χ2v) is 4.40. The highest BCUT2D eigenvalue weighted by Gasteiger charge is 2.23. The molecule has 90 valence electrons. The molecule has 1 aromatic rings. The van der Waals surface area contributed by atoms with Crippen LogP contribution in [0.25, 0.3) is 0 Å². The van der Waals surface area contributed by atoms with E-state index in [1.807, 2.05) is 13.8 Å². The number of aryl methyl sites for hydroxylation is 1. The Morgan fingerprint density at radius 2 is 2.12 bits per heavy atom. The fourth-order valence-corrected chi connectivity index (χ4v) is 1.80. The normalized spacial score (nSPS) is 14.8. The third kappa shape index (κ3) is 3.29. The van der Waals surface area contributed by atoms with Crippen molar-refractivity contribution < 1.29 is 9.13 Å². The maximum Gasteiger partial charge on any atom is 0.123 e. The van der Waals surface area contributed by atoms with Gasteiger partial charge >= 0.3 is 0 Å². The molecule has 1 atom stereocenters. The third-order valence-corrected chi connectivity index (χ3v) is 2.98. The topological polar surface area (TPSA) is 35.2 Å². The van der Waals surface area contributed by atoms with Crippen LogP contribution in [0.2, 0.25) is 0 Å². The summed E-state index contributed by atoms with van der Waals surface area (Å²) < 4.78 is 18.1. The van der Waals surface area contributed by atoms with Gasteiger partial charge in [-0.15, -0.1) is 0 Å². The summed E-state index contributed by atoms with van der Waals surface area (Å²) in [5.74, 6) is -0.202. The van der Waals surface area contributed by atoms with Gasteiger partial charge < -0.3 is 10.5 Å². The van der Waals surface area contributed by atoms with Gasteiger partial charge in [-0.3, -0.25) is 0 Å². The van der Waals surface area contributed by atoms with Crippen molar-refractivity contribution in [1.29, 1.82) is 0 Å². The van der Waals surface area contributed by atoms with Crippen LogP contribution in [0.1, 0.15) is 24.5 Å². The fraction of sp³-hybridized carbons (Fsp3) is 0.538. The molecule has 0 aromatic heterocycles. The average Bonchev–Trinajstić information content (AvgIpc) is 2.23. The van der Waals surface area contributed by atoms with Crippen LogP contribution in [0.15, 0.2) is 18.2 Å². The predicted octanol–water partition coefficient (Wildman–Crippen LogP) is 2.43. The van der Waals surface area contributed by atoms with Gasteiger partial charge in [-0.05, 0) is 43.0 Å². The molecule has 0 heterocycles. The van der Waals surface area contributed by atoms with Crippen molar-refractivity contribution in [3.05, 3.63) is 35.1 Å². The van der Waals surface area contributed by atoms with Crippen molar-refractivity contribution in [2.45, 2.75) is 32.2 Å². The van der Waals surface area contributed by atoms with Crippen LogP contribution in [0.4, 0.5) is 4.39 Å². The minimum atomic E-state index is -0.364. The van der Waals surface area contributed by atoms with Crippen LogP contribution in [0.3, 0.4) is 0 Å². The van der Waals surface area contributed by atoms with Gasteiger partial charge in [-0.1, -0.05) is 13.0 Å². The van der Waals surface area contributed by atoms with Gasteiger partial charge in [0.15, 0.2) is 0 Å². The molecule has 3 heteroatoms.